The van der Waals surface area contributed by atoms with E-state index in [9.17, 15) is 19.2 Å². The molecule has 3 rings (SSSR count). The second kappa shape index (κ2) is 8.84. The van der Waals surface area contributed by atoms with Crippen LogP contribution in [0.5, 0.6) is 0 Å². The smallest absolute Gasteiger partial charge is 0.267 e. The van der Waals surface area contributed by atoms with Gasteiger partial charge >= 0.3 is 0 Å². The van der Waals surface area contributed by atoms with Gasteiger partial charge in [-0.2, -0.15) is 5.26 Å². The molecule has 0 radical (unpaired) electrons. The van der Waals surface area contributed by atoms with Gasteiger partial charge in [0.2, 0.25) is 0 Å². The molecular formula is C21H14FN3O2S. The van der Waals surface area contributed by atoms with Crippen molar-refractivity contribution in [2.24, 2.45) is 0 Å². The normalized spacial score (nSPS) is 10.0. The first kappa shape index (κ1) is 19.1. The molecule has 0 saturated carbocycles. The number of benzene rings is 3. The average Bonchev–Trinajstić information content (AvgIpc) is 2.73. The van der Waals surface area contributed by atoms with E-state index >= 15 is 0 Å². The molecule has 3 aromatic rings. The molecule has 2 amide bonds. The zero-order valence-electron chi connectivity index (χ0n) is 14.5. The molecule has 138 valence electrons. The van der Waals surface area contributed by atoms with Gasteiger partial charge in [0, 0.05) is 15.4 Å². The minimum absolute atomic E-state index is 0.215. The summed E-state index contributed by atoms with van der Waals surface area (Å²) in [5.74, 6) is -1.52. The summed E-state index contributed by atoms with van der Waals surface area (Å²) in [5.41, 5.74) is 5.73. The van der Waals surface area contributed by atoms with Crippen LogP contribution in [0.3, 0.4) is 0 Å². The van der Waals surface area contributed by atoms with Crippen molar-refractivity contribution in [1.82, 2.24) is 10.9 Å². The van der Waals surface area contributed by atoms with Crippen molar-refractivity contribution >= 4 is 23.6 Å². The number of hydrogen-bond acceptors (Lipinski definition) is 4. The van der Waals surface area contributed by atoms with Crippen molar-refractivity contribution < 1.29 is 14.0 Å². The van der Waals surface area contributed by atoms with E-state index in [4.69, 9.17) is 0 Å². The van der Waals surface area contributed by atoms with Crippen LogP contribution in [0, 0.1) is 17.1 Å². The summed E-state index contributed by atoms with van der Waals surface area (Å²) in [4.78, 5) is 26.0. The highest BCUT2D eigenvalue weighted by Crippen LogP contribution is 2.32. The van der Waals surface area contributed by atoms with Gasteiger partial charge in [0.05, 0.1) is 11.1 Å². The van der Waals surface area contributed by atoms with Crippen LogP contribution in [-0.2, 0) is 0 Å². The van der Waals surface area contributed by atoms with E-state index in [1.165, 1.54) is 23.9 Å². The SMILES string of the molecule is N#Cc1ccccc1Sc1ccccc1C(=O)NNC(=O)c1ccc(F)cc1. The topological polar surface area (TPSA) is 82.0 Å². The standard InChI is InChI=1S/C21H14FN3O2S/c22-16-11-9-14(10-12-16)20(26)24-25-21(27)17-6-2-4-8-19(17)28-18-7-3-1-5-15(18)13-23/h1-12H,(H,24,26)(H,25,27). The molecule has 0 aliphatic rings. The van der Waals surface area contributed by atoms with E-state index < -0.39 is 17.6 Å². The van der Waals surface area contributed by atoms with E-state index in [0.717, 1.165) is 17.0 Å². The number of nitrogens with one attached hydrogen (secondary N) is 2. The highest BCUT2D eigenvalue weighted by atomic mass is 32.2. The summed E-state index contributed by atoms with van der Waals surface area (Å²) in [6, 6.07) is 21.0. The predicted octanol–water partition coefficient (Wildman–Crippen LogP) is 3.92. The van der Waals surface area contributed by atoms with Gasteiger partial charge in [-0.05, 0) is 48.5 Å². The fourth-order valence-corrected chi connectivity index (χ4v) is 3.39. The number of hydrazine groups is 1. The Kier molecular flexibility index (Phi) is 6.04. The minimum atomic E-state index is -0.562. The lowest BCUT2D eigenvalue weighted by Crippen LogP contribution is -2.41. The molecule has 0 aromatic heterocycles. The lowest BCUT2D eigenvalue weighted by atomic mass is 10.2. The Hall–Kier alpha value is -3.63. The molecule has 0 unspecified atom stereocenters. The Balaban J connectivity index is 1.73. The molecule has 0 atom stereocenters. The number of hydrogen-bond donors (Lipinski definition) is 2. The third kappa shape index (κ3) is 4.55. The number of nitriles is 1. The predicted molar refractivity (Wildman–Crippen MR) is 103 cm³/mol. The second-order valence-corrected chi connectivity index (χ2v) is 6.71. The molecule has 0 saturated heterocycles. The van der Waals surface area contributed by atoms with Crippen LogP contribution in [0.25, 0.3) is 0 Å². The van der Waals surface area contributed by atoms with Crippen LogP contribution < -0.4 is 10.9 Å². The Labute approximate surface area is 165 Å². The lowest BCUT2D eigenvalue weighted by Gasteiger charge is -2.11. The van der Waals surface area contributed by atoms with Crippen LogP contribution in [0.2, 0.25) is 0 Å². The number of amides is 2. The van der Waals surface area contributed by atoms with Crippen molar-refractivity contribution in [3.63, 3.8) is 0 Å². The van der Waals surface area contributed by atoms with E-state index in [2.05, 4.69) is 16.9 Å². The number of halogens is 1. The summed E-state index contributed by atoms with van der Waals surface area (Å²) in [5, 5.41) is 9.23. The average molecular weight is 391 g/mol. The molecule has 0 spiro atoms. The van der Waals surface area contributed by atoms with Crippen molar-refractivity contribution in [3.05, 3.63) is 95.3 Å². The van der Waals surface area contributed by atoms with Gasteiger partial charge in [0.25, 0.3) is 11.8 Å². The van der Waals surface area contributed by atoms with Crippen LogP contribution >= 0.6 is 11.8 Å². The highest BCUT2D eigenvalue weighted by Gasteiger charge is 2.14. The molecule has 28 heavy (non-hydrogen) atoms. The Morgan fingerprint density at radius 3 is 2.14 bits per heavy atom. The summed E-state index contributed by atoms with van der Waals surface area (Å²) < 4.78 is 12.9. The Morgan fingerprint density at radius 2 is 1.43 bits per heavy atom. The Bertz CT molecular complexity index is 1060. The first-order valence-corrected chi connectivity index (χ1v) is 9.02. The molecule has 0 fully saturated rings. The van der Waals surface area contributed by atoms with Crippen molar-refractivity contribution in [2.75, 3.05) is 0 Å². The maximum absolute atomic E-state index is 12.9. The quantitative estimate of drug-likeness (QED) is 0.661. The van der Waals surface area contributed by atoms with Crippen molar-refractivity contribution in [2.45, 2.75) is 9.79 Å². The molecule has 5 nitrogen and oxygen atoms in total. The van der Waals surface area contributed by atoms with Crippen molar-refractivity contribution in [3.8, 4) is 6.07 Å². The number of nitrogens with zero attached hydrogens (tertiary/aromatic N) is 1. The van der Waals surface area contributed by atoms with E-state index in [0.29, 0.717) is 16.0 Å². The maximum atomic E-state index is 12.9. The molecule has 0 bridgehead atoms. The monoisotopic (exact) mass is 391 g/mol. The molecule has 3 aromatic carbocycles. The molecule has 0 aliphatic carbocycles. The minimum Gasteiger partial charge on any atom is -0.267 e. The molecule has 7 heteroatoms. The highest BCUT2D eigenvalue weighted by molar-refractivity contribution is 7.99. The fraction of sp³-hybridized carbons (Fsp3) is 0. The summed E-state index contributed by atoms with van der Waals surface area (Å²) in [6.07, 6.45) is 0. The Morgan fingerprint density at radius 1 is 0.821 bits per heavy atom. The van der Waals surface area contributed by atoms with Crippen LogP contribution in [0.15, 0.2) is 82.6 Å². The van der Waals surface area contributed by atoms with E-state index in [1.807, 2.05) is 6.07 Å². The van der Waals surface area contributed by atoms with Crippen LogP contribution in [0.4, 0.5) is 4.39 Å². The third-order valence-electron chi connectivity index (χ3n) is 3.76. The first-order valence-electron chi connectivity index (χ1n) is 8.21. The van der Waals surface area contributed by atoms with Gasteiger partial charge in [-0.25, -0.2) is 4.39 Å². The number of rotatable bonds is 4. The molecule has 0 aliphatic heterocycles. The second-order valence-electron chi connectivity index (χ2n) is 5.62. The van der Waals surface area contributed by atoms with Gasteiger partial charge in [-0.1, -0.05) is 36.0 Å². The van der Waals surface area contributed by atoms with Gasteiger partial charge in [0.1, 0.15) is 11.9 Å². The van der Waals surface area contributed by atoms with E-state index in [1.54, 1.807) is 42.5 Å². The van der Waals surface area contributed by atoms with Gasteiger partial charge < -0.3 is 0 Å². The van der Waals surface area contributed by atoms with Crippen LogP contribution in [0.1, 0.15) is 26.3 Å². The zero-order chi connectivity index (χ0) is 19.9. The molecular weight excluding hydrogens is 377 g/mol. The summed E-state index contributed by atoms with van der Waals surface area (Å²) >= 11 is 1.29. The fourth-order valence-electron chi connectivity index (χ4n) is 2.36. The van der Waals surface area contributed by atoms with Crippen LogP contribution in [-0.4, -0.2) is 11.8 Å². The maximum Gasteiger partial charge on any atom is 0.270 e. The molecule has 0 heterocycles. The van der Waals surface area contributed by atoms with Crippen molar-refractivity contribution in [1.29, 1.82) is 5.26 Å². The van der Waals surface area contributed by atoms with E-state index in [-0.39, 0.29) is 5.56 Å². The summed E-state index contributed by atoms with van der Waals surface area (Å²) in [6.45, 7) is 0. The third-order valence-corrected chi connectivity index (χ3v) is 4.91. The van der Waals surface area contributed by atoms with Gasteiger partial charge in [0.15, 0.2) is 0 Å². The summed E-state index contributed by atoms with van der Waals surface area (Å²) in [7, 11) is 0. The lowest BCUT2D eigenvalue weighted by molar-refractivity contribution is 0.0845. The largest absolute Gasteiger partial charge is 0.270 e. The zero-order valence-corrected chi connectivity index (χ0v) is 15.3. The van der Waals surface area contributed by atoms with Gasteiger partial charge in [-0.3, -0.25) is 20.4 Å². The van der Waals surface area contributed by atoms with Gasteiger partial charge in [-0.15, -0.1) is 0 Å². The number of carbonyl (C=O) groups excluding carboxylic acids is 2. The number of carbonyl (C=O) groups is 2. The molecule has 2 N–H and O–H groups in total. The first-order chi connectivity index (χ1) is 13.6.